The molecule has 0 aromatic carbocycles. The molecule has 0 saturated heterocycles. The van der Waals surface area contributed by atoms with E-state index in [0.29, 0.717) is 6.42 Å². The summed E-state index contributed by atoms with van der Waals surface area (Å²) in [5, 5.41) is 0. The highest BCUT2D eigenvalue weighted by Crippen LogP contribution is 2.29. The molecule has 10 heteroatoms. The third-order valence-corrected chi connectivity index (χ3v) is 1.54. The molecule has 0 saturated carbocycles. The van der Waals surface area contributed by atoms with Crippen molar-refractivity contribution in [3.8, 4) is 0 Å². The van der Waals surface area contributed by atoms with Gasteiger partial charge in [0, 0.05) is 33.6 Å². The number of aromatic nitrogens is 1. The van der Waals surface area contributed by atoms with Crippen LogP contribution in [0.4, 0.5) is 40.6 Å². The fraction of sp³-hybridized carbons (Fsp3) is 0.375. The van der Waals surface area contributed by atoms with Crippen LogP contribution >= 0.6 is 0 Å². The molecule has 0 atom stereocenters. The zero-order valence-corrected chi connectivity index (χ0v) is 8.79. The Morgan fingerprint density at radius 2 is 1.44 bits per heavy atom. The normalized spacial score (nSPS) is 8.78. The van der Waals surface area contributed by atoms with Crippen molar-refractivity contribution in [3.63, 3.8) is 0 Å². The van der Waals surface area contributed by atoms with Crippen LogP contribution in [0.5, 0.6) is 0 Å². The molecule has 1 aromatic rings. The SMILES string of the molecule is CCc1cccnc1C(F)(F)F.FF.FF.FF. The minimum atomic E-state index is -4.33. The van der Waals surface area contributed by atoms with Crippen molar-refractivity contribution in [2.24, 2.45) is 0 Å². The van der Waals surface area contributed by atoms with Gasteiger partial charge in [0.05, 0.1) is 0 Å². The Morgan fingerprint density at radius 3 is 1.72 bits per heavy atom. The Bertz CT molecular complexity index is 276. The molecule has 0 N–H and O–H groups in total. The Labute approximate surface area is 95.8 Å². The van der Waals surface area contributed by atoms with Crippen molar-refractivity contribution in [2.45, 2.75) is 19.5 Å². The highest BCUT2D eigenvalue weighted by atomic mass is 20.0. The van der Waals surface area contributed by atoms with Crippen molar-refractivity contribution >= 4 is 0 Å². The largest absolute Gasteiger partial charge is 0.433 e. The highest BCUT2D eigenvalue weighted by molar-refractivity contribution is 5.21. The van der Waals surface area contributed by atoms with Crippen LogP contribution in [0.3, 0.4) is 0 Å². The topological polar surface area (TPSA) is 12.9 Å². The zero-order valence-electron chi connectivity index (χ0n) is 8.79. The molecule has 0 aliphatic rings. The van der Waals surface area contributed by atoms with Gasteiger partial charge in [-0.2, -0.15) is 13.2 Å². The van der Waals surface area contributed by atoms with Crippen molar-refractivity contribution in [2.75, 3.05) is 0 Å². The second kappa shape index (κ2) is 13.6. The number of nitrogens with zero attached hydrogens (tertiary/aromatic N) is 1. The summed E-state index contributed by atoms with van der Waals surface area (Å²) in [5.74, 6) is 0. The van der Waals surface area contributed by atoms with Gasteiger partial charge in [-0.25, -0.2) is 0 Å². The van der Waals surface area contributed by atoms with E-state index < -0.39 is 11.9 Å². The molecule has 0 unspecified atom stereocenters. The van der Waals surface area contributed by atoms with Crippen LogP contribution in [0.2, 0.25) is 0 Å². The molecule has 1 rings (SSSR count). The van der Waals surface area contributed by atoms with Crippen LogP contribution in [0.25, 0.3) is 0 Å². The number of pyridine rings is 1. The van der Waals surface area contributed by atoms with E-state index in [2.05, 4.69) is 4.98 Å². The summed E-state index contributed by atoms with van der Waals surface area (Å²) in [6.45, 7) is 1.67. The average molecular weight is 289 g/mol. The number of alkyl halides is 3. The molecule has 18 heavy (non-hydrogen) atoms. The second-order valence-electron chi connectivity index (χ2n) is 2.36. The van der Waals surface area contributed by atoms with Crippen LogP contribution in [-0.4, -0.2) is 4.98 Å². The first-order valence-corrected chi connectivity index (χ1v) is 3.99. The van der Waals surface area contributed by atoms with E-state index in [0.717, 1.165) is 6.20 Å². The van der Waals surface area contributed by atoms with E-state index >= 15 is 0 Å². The number of hydrogen-bond donors (Lipinski definition) is 0. The number of rotatable bonds is 1. The maximum absolute atomic E-state index is 12.2. The van der Waals surface area contributed by atoms with Gasteiger partial charge in [0.25, 0.3) is 0 Å². The molecular formula is C8H8F9N. The van der Waals surface area contributed by atoms with Gasteiger partial charge in [-0.3, -0.25) is 4.98 Å². The molecule has 1 heterocycles. The van der Waals surface area contributed by atoms with Gasteiger partial charge in [-0.05, 0) is 18.1 Å². The standard InChI is InChI=1S/C8H8F3N.3F2/c1-2-6-4-3-5-12-7(6)8(9,10)11;3*1-2/h3-5H,2H2,1H3;;;. The summed E-state index contributed by atoms with van der Waals surface area (Å²) < 4.78 is 84.5. The minimum Gasteiger partial charge on any atom is -0.252 e. The van der Waals surface area contributed by atoms with Gasteiger partial charge < -0.3 is 0 Å². The molecule has 1 nitrogen and oxygen atoms in total. The fourth-order valence-electron chi connectivity index (χ4n) is 0.979. The quantitative estimate of drug-likeness (QED) is 0.649. The van der Waals surface area contributed by atoms with E-state index in [4.69, 9.17) is 27.4 Å². The molecule has 108 valence electrons. The van der Waals surface area contributed by atoms with Gasteiger partial charge in [-0.1, -0.05) is 13.0 Å². The molecular weight excluding hydrogens is 281 g/mol. The van der Waals surface area contributed by atoms with Crippen molar-refractivity contribution in [3.05, 3.63) is 29.6 Å². The lowest BCUT2D eigenvalue weighted by Gasteiger charge is -2.08. The van der Waals surface area contributed by atoms with E-state index in [1.54, 1.807) is 6.92 Å². The van der Waals surface area contributed by atoms with Crippen LogP contribution in [0.15, 0.2) is 18.3 Å². The van der Waals surface area contributed by atoms with E-state index in [9.17, 15) is 13.2 Å². The predicted molar refractivity (Wildman–Crippen MR) is 45.3 cm³/mol. The maximum Gasteiger partial charge on any atom is 0.433 e. The first-order valence-electron chi connectivity index (χ1n) is 3.99. The van der Waals surface area contributed by atoms with E-state index in [1.807, 2.05) is 0 Å². The van der Waals surface area contributed by atoms with Gasteiger partial charge in [-0.15, -0.1) is 0 Å². The van der Waals surface area contributed by atoms with Crippen LogP contribution in [-0.2, 0) is 12.6 Å². The molecule has 0 aliphatic heterocycles. The Balaban J connectivity index is -0.000000328. The van der Waals surface area contributed by atoms with E-state index in [1.165, 1.54) is 12.1 Å². The first-order chi connectivity index (χ1) is 8.55. The molecule has 0 fully saturated rings. The highest BCUT2D eigenvalue weighted by Gasteiger charge is 2.34. The lowest BCUT2D eigenvalue weighted by atomic mass is 10.1. The minimum absolute atomic E-state index is 0.241. The van der Waals surface area contributed by atoms with Gasteiger partial charge in [0.2, 0.25) is 0 Å². The number of aryl methyl sites for hydroxylation is 1. The van der Waals surface area contributed by atoms with Gasteiger partial charge in [0.1, 0.15) is 5.69 Å². The maximum atomic E-state index is 12.2. The Kier molecular flexibility index (Phi) is 16.4. The number of halogens is 9. The lowest BCUT2D eigenvalue weighted by molar-refractivity contribution is -0.141. The predicted octanol–water partition coefficient (Wildman–Crippen LogP) is 5.18. The van der Waals surface area contributed by atoms with Crippen molar-refractivity contribution in [1.29, 1.82) is 0 Å². The van der Waals surface area contributed by atoms with E-state index in [-0.39, 0.29) is 5.56 Å². The molecule has 0 radical (unpaired) electrons. The first kappa shape index (κ1) is 21.8. The average Bonchev–Trinajstić information content (AvgIpc) is 2.44. The van der Waals surface area contributed by atoms with Crippen molar-refractivity contribution in [1.82, 2.24) is 4.98 Å². The summed E-state index contributed by atoms with van der Waals surface area (Å²) in [6.07, 6.45) is -2.82. The summed E-state index contributed by atoms with van der Waals surface area (Å²) in [4.78, 5) is 3.30. The third kappa shape index (κ3) is 8.65. The third-order valence-electron chi connectivity index (χ3n) is 1.54. The smallest absolute Gasteiger partial charge is 0.252 e. The van der Waals surface area contributed by atoms with Crippen LogP contribution in [0.1, 0.15) is 18.2 Å². The summed E-state index contributed by atoms with van der Waals surface area (Å²) in [5.41, 5.74) is -0.530. The van der Waals surface area contributed by atoms with Gasteiger partial charge in [0.15, 0.2) is 0 Å². The summed E-state index contributed by atoms with van der Waals surface area (Å²) >= 11 is 0. The summed E-state index contributed by atoms with van der Waals surface area (Å²) in [6, 6.07) is 2.95. The summed E-state index contributed by atoms with van der Waals surface area (Å²) in [7, 11) is 0. The lowest BCUT2D eigenvalue weighted by Crippen LogP contribution is -2.10. The molecule has 0 spiro atoms. The Hall–Kier alpha value is -1.48. The van der Waals surface area contributed by atoms with Crippen LogP contribution in [0, 0.1) is 0 Å². The molecule has 1 aromatic heterocycles. The fourth-order valence-corrected chi connectivity index (χ4v) is 0.979. The monoisotopic (exact) mass is 289 g/mol. The second-order valence-corrected chi connectivity index (χ2v) is 2.36. The molecule has 0 aliphatic carbocycles. The molecule has 0 bridgehead atoms. The Morgan fingerprint density at radius 1 is 1.00 bits per heavy atom. The van der Waals surface area contributed by atoms with Gasteiger partial charge >= 0.3 is 6.18 Å². The van der Waals surface area contributed by atoms with Crippen molar-refractivity contribution < 1.29 is 40.6 Å². The number of hydrogen-bond acceptors (Lipinski definition) is 1. The molecule has 0 amide bonds. The zero-order chi connectivity index (χ0) is 15.2. The van der Waals surface area contributed by atoms with Crippen LogP contribution < -0.4 is 0 Å².